The van der Waals surface area contributed by atoms with Crippen LogP contribution in [-0.4, -0.2) is 27.8 Å². The van der Waals surface area contributed by atoms with Crippen molar-refractivity contribution >= 4 is 40.8 Å². The van der Waals surface area contributed by atoms with Crippen molar-refractivity contribution in [3.8, 4) is 6.07 Å². The van der Waals surface area contributed by atoms with Gasteiger partial charge in [-0.2, -0.15) is 10.4 Å². The van der Waals surface area contributed by atoms with Crippen molar-refractivity contribution in [3.05, 3.63) is 81.1 Å². The van der Waals surface area contributed by atoms with Gasteiger partial charge in [-0.25, -0.2) is 9.48 Å². The molecule has 3 aromatic rings. The Bertz CT molecular complexity index is 1180. The van der Waals surface area contributed by atoms with Crippen LogP contribution >= 0.6 is 23.2 Å². The number of aromatic nitrogens is 2. The zero-order valence-electron chi connectivity index (χ0n) is 16.7. The van der Waals surface area contributed by atoms with Gasteiger partial charge in [0.2, 0.25) is 0 Å². The van der Waals surface area contributed by atoms with E-state index in [-0.39, 0.29) is 17.3 Å². The van der Waals surface area contributed by atoms with E-state index >= 15 is 0 Å². The van der Waals surface area contributed by atoms with E-state index in [1.807, 2.05) is 24.3 Å². The van der Waals surface area contributed by atoms with Gasteiger partial charge in [0.15, 0.2) is 6.10 Å². The molecule has 0 radical (unpaired) electrons. The van der Waals surface area contributed by atoms with Crippen LogP contribution in [0.15, 0.2) is 48.5 Å². The van der Waals surface area contributed by atoms with Crippen LogP contribution in [-0.2, 0) is 16.1 Å². The number of rotatable bonds is 6. The number of anilines is 1. The van der Waals surface area contributed by atoms with Crippen LogP contribution in [0.4, 0.5) is 5.69 Å². The first-order valence-corrected chi connectivity index (χ1v) is 10.0. The van der Waals surface area contributed by atoms with Gasteiger partial charge in [-0.15, -0.1) is 0 Å². The molecule has 0 saturated carbocycles. The molecule has 0 aliphatic heterocycles. The van der Waals surface area contributed by atoms with Crippen molar-refractivity contribution in [1.29, 1.82) is 5.26 Å². The Kier molecular flexibility index (Phi) is 6.95. The quantitative estimate of drug-likeness (QED) is 0.546. The number of nitrogens with one attached hydrogen (secondary N) is 1. The second-order valence-corrected chi connectivity index (χ2v) is 7.49. The maximum atomic E-state index is 12.7. The van der Waals surface area contributed by atoms with Gasteiger partial charge in [0, 0.05) is 10.7 Å². The Morgan fingerprint density at radius 3 is 2.68 bits per heavy atom. The lowest BCUT2D eigenvalue weighted by molar-refractivity contribution is -0.123. The monoisotopic (exact) mass is 456 g/mol. The van der Waals surface area contributed by atoms with E-state index in [2.05, 4.69) is 10.4 Å². The number of esters is 1. The van der Waals surface area contributed by atoms with Crippen LogP contribution in [0.25, 0.3) is 0 Å². The number of hydrogen-bond acceptors (Lipinski definition) is 5. The number of nitrogens with zero attached hydrogens (tertiary/aromatic N) is 3. The number of carbonyl (C=O) groups excluding carboxylic acids is 2. The summed E-state index contributed by atoms with van der Waals surface area (Å²) in [7, 11) is 0. The number of amides is 1. The van der Waals surface area contributed by atoms with E-state index < -0.39 is 18.0 Å². The molecule has 0 spiro atoms. The number of hydrogen-bond donors (Lipinski definition) is 1. The van der Waals surface area contributed by atoms with Gasteiger partial charge in [0.1, 0.15) is 10.7 Å². The van der Waals surface area contributed by atoms with Gasteiger partial charge in [0.05, 0.1) is 23.9 Å². The van der Waals surface area contributed by atoms with Gasteiger partial charge < -0.3 is 10.1 Å². The highest BCUT2D eigenvalue weighted by Crippen LogP contribution is 2.24. The predicted molar refractivity (Wildman–Crippen MR) is 117 cm³/mol. The van der Waals surface area contributed by atoms with Crippen molar-refractivity contribution in [2.24, 2.45) is 0 Å². The van der Waals surface area contributed by atoms with Crippen LogP contribution in [0.3, 0.4) is 0 Å². The Balaban J connectivity index is 1.71. The summed E-state index contributed by atoms with van der Waals surface area (Å²) >= 11 is 12.6. The Morgan fingerprint density at radius 1 is 1.23 bits per heavy atom. The fraction of sp³-hybridized carbons (Fsp3) is 0.182. The molecule has 0 aliphatic rings. The van der Waals surface area contributed by atoms with Crippen molar-refractivity contribution < 1.29 is 14.3 Å². The second kappa shape index (κ2) is 9.65. The minimum absolute atomic E-state index is 0.0832. The summed E-state index contributed by atoms with van der Waals surface area (Å²) < 4.78 is 6.75. The van der Waals surface area contributed by atoms with E-state index in [4.69, 9.17) is 33.2 Å². The van der Waals surface area contributed by atoms with Gasteiger partial charge in [0.25, 0.3) is 5.91 Å². The molecule has 0 unspecified atom stereocenters. The van der Waals surface area contributed by atoms with Crippen LogP contribution in [0, 0.1) is 18.3 Å². The molecule has 1 N–H and O–H groups in total. The molecule has 0 aliphatic carbocycles. The van der Waals surface area contributed by atoms with Crippen LogP contribution in [0.5, 0.6) is 0 Å². The van der Waals surface area contributed by atoms with E-state index in [1.165, 1.54) is 17.7 Å². The third-order valence-electron chi connectivity index (χ3n) is 4.46. The number of benzene rings is 2. The average molecular weight is 457 g/mol. The van der Waals surface area contributed by atoms with Crippen LogP contribution in [0.1, 0.15) is 34.1 Å². The number of ether oxygens (including phenoxy) is 1. The van der Waals surface area contributed by atoms with Crippen molar-refractivity contribution in [2.75, 3.05) is 5.32 Å². The molecule has 0 saturated heterocycles. The molecule has 1 heterocycles. The third kappa shape index (κ3) is 5.23. The highest BCUT2D eigenvalue weighted by Gasteiger charge is 2.26. The third-order valence-corrected chi connectivity index (χ3v) is 5.21. The lowest BCUT2D eigenvalue weighted by Gasteiger charge is -2.13. The molecule has 0 fully saturated rings. The van der Waals surface area contributed by atoms with Gasteiger partial charge in [-0.3, -0.25) is 4.79 Å². The lowest BCUT2D eigenvalue weighted by atomic mass is 10.2. The minimum Gasteiger partial charge on any atom is -0.449 e. The Morgan fingerprint density at radius 2 is 1.97 bits per heavy atom. The van der Waals surface area contributed by atoms with E-state index in [1.54, 1.807) is 31.2 Å². The SMILES string of the molecule is Cc1nn(Cc2ccccc2Cl)c(Cl)c1C(=O)O[C@H](C)C(=O)Nc1cccc(C#N)c1. The highest BCUT2D eigenvalue weighted by molar-refractivity contribution is 6.33. The molecule has 9 heteroatoms. The Hall–Kier alpha value is -3.34. The predicted octanol–water partition coefficient (Wildman–Crippen LogP) is 4.60. The fourth-order valence-electron chi connectivity index (χ4n) is 2.86. The largest absolute Gasteiger partial charge is 0.449 e. The van der Waals surface area contributed by atoms with Crippen LogP contribution < -0.4 is 5.32 Å². The van der Waals surface area contributed by atoms with Crippen molar-refractivity contribution in [3.63, 3.8) is 0 Å². The smallest absolute Gasteiger partial charge is 0.343 e. The molecule has 1 amide bonds. The summed E-state index contributed by atoms with van der Waals surface area (Å²) in [4.78, 5) is 25.1. The average Bonchev–Trinajstić information content (AvgIpc) is 3.02. The molecular formula is C22H18Cl2N4O3. The molecule has 2 aromatic carbocycles. The first kappa shape index (κ1) is 22.3. The number of carbonyl (C=O) groups is 2. The molecule has 1 aromatic heterocycles. The van der Waals surface area contributed by atoms with E-state index in [9.17, 15) is 9.59 Å². The normalized spacial score (nSPS) is 11.5. The molecular weight excluding hydrogens is 439 g/mol. The number of nitriles is 1. The van der Waals surface area contributed by atoms with Crippen molar-refractivity contribution in [1.82, 2.24) is 9.78 Å². The van der Waals surface area contributed by atoms with Crippen LogP contribution in [0.2, 0.25) is 10.2 Å². The highest BCUT2D eigenvalue weighted by atomic mass is 35.5. The molecule has 7 nitrogen and oxygen atoms in total. The molecule has 158 valence electrons. The topological polar surface area (TPSA) is 97.0 Å². The summed E-state index contributed by atoms with van der Waals surface area (Å²) in [5.74, 6) is -1.30. The van der Waals surface area contributed by atoms with Gasteiger partial charge in [-0.1, -0.05) is 47.5 Å². The van der Waals surface area contributed by atoms with E-state index in [0.29, 0.717) is 22.0 Å². The summed E-state index contributed by atoms with van der Waals surface area (Å²) in [6, 6.07) is 15.6. The summed E-state index contributed by atoms with van der Waals surface area (Å²) in [5, 5.41) is 16.5. The number of halogens is 2. The lowest BCUT2D eigenvalue weighted by Crippen LogP contribution is -2.30. The standard InChI is InChI=1S/C22H18Cl2N4O3/c1-13-19(20(24)28(27-13)12-16-7-3-4-9-18(16)23)22(30)31-14(2)21(29)26-17-8-5-6-15(10-17)11-25/h3-10,14H,12H2,1-2H3,(H,26,29)/t14-/m1/s1. The fourth-order valence-corrected chi connectivity index (χ4v) is 3.37. The zero-order chi connectivity index (χ0) is 22.5. The Labute approximate surface area is 189 Å². The number of aryl methyl sites for hydroxylation is 1. The van der Waals surface area contributed by atoms with E-state index in [0.717, 1.165) is 5.56 Å². The first-order chi connectivity index (χ1) is 14.8. The molecule has 3 rings (SSSR count). The molecule has 1 atom stereocenters. The maximum absolute atomic E-state index is 12.7. The maximum Gasteiger partial charge on any atom is 0.343 e. The first-order valence-electron chi connectivity index (χ1n) is 9.28. The van der Waals surface area contributed by atoms with Gasteiger partial charge >= 0.3 is 5.97 Å². The molecule has 0 bridgehead atoms. The minimum atomic E-state index is -1.10. The summed E-state index contributed by atoms with van der Waals surface area (Å²) in [6.07, 6.45) is -1.10. The molecule has 31 heavy (non-hydrogen) atoms. The zero-order valence-corrected chi connectivity index (χ0v) is 18.2. The second-order valence-electron chi connectivity index (χ2n) is 6.73. The van der Waals surface area contributed by atoms with Gasteiger partial charge in [-0.05, 0) is 43.7 Å². The summed E-state index contributed by atoms with van der Waals surface area (Å²) in [6.45, 7) is 3.35. The summed E-state index contributed by atoms with van der Waals surface area (Å²) in [5.41, 5.74) is 2.07. The van der Waals surface area contributed by atoms with Crippen molar-refractivity contribution in [2.45, 2.75) is 26.5 Å².